The predicted molar refractivity (Wildman–Crippen MR) is 68.0 cm³/mol. The summed E-state index contributed by atoms with van der Waals surface area (Å²) in [5.74, 6) is 0.360. The number of phenols is 1. The second kappa shape index (κ2) is 3.82. The minimum absolute atomic E-state index is 0.360. The van der Waals surface area contributed by atoms with Gasteiger partial charge in [0, 0.05) is 0 Å². The van der Waals surface area contributed by atoms with Crippen LogP contribution in [0.5, 0.6) is 5.75 Å². The molecule has 0 radical (unpaired) electrons. The first kappa shape index (κ1) is 9.71. The number of rotatable bonds is 1. The Balaban J connectivity index is 2.38. The third-order valence-electron chi connectivity index (χ3n) is 2.69. The van der Waals surface area contributed by atoms with E-state index in [9.17, 15) is 5.11 Å². The molecule has 0 amide bonds. The molecule has 2 heteroatoms. The number of hydrogen-bond donors (Lipinski definition) is 1. The van der Waals surface area contributed by atoms with Gasteiger partial charge in [0.1, 0.15) is 0 Å². The van der Waals surface area contributed by atoms with E-state index in [1.54, 1.807) is 6.07 Å². The van der Waals surface area contributed by atoms with Gasteiger partial charge >= 0.3 is 99.6 Å². The van der Waals surface area contributed by atoms with Crippen molar-refractivity contribution in [3.8, 4) is 15.8 Å². The second-order valence-corrected chi connectivity index (χ2v) is 5.64. The first-order valence-electron chi connectivity index (χ1n) is 5.11. The van der Waals surface area contributed by atoms with E-state index in [1.165, 1.54) is 10.0 Å². The molecule has 3 rings (SSSR count). The van der Waals surface area contributed by atoms with E-state index in [0.29, 0.717) is 20.3 Å². The zero-order chi connectivity index (χ0) is 11.0. The Morgan fingerprint density at radius 2 is 1.62 bits per heavy atom. The summed E-state index contributed by atoms with van der Waals surface area (Å²) in [7, 11) is 0. The summed E-state index contributed by atoms with van der Waals surface area (Å²) in [5.41, 5.74) is 1.25. The molecule has 1 aromatic heterocycles. The maximum atomic E-state index is 9.81. The molecule has 0 saturated heterocycles. The summed E-state index contributed by atoms with van der Waals surface area (Å²) < 4.78 is 1.38. The van der Waals surface area contributed by atoms with E-state index in [4.69, 9.17) is 0 Å². The number of aromatic hydroxyl groups is 1. The Morgan fingerprint density at radius 3 is 2.44 bits per heavy atom. The van der Waals surface area contributed by atoms with E-state index in [2.05, 4.69) is 29.2 Å². The maximum absolute atomic E-state index is 9.81. The molecule has 1 heterocycles. The van der Waals surface area contributed by atoms with Crippen LogP contribution in [0.3, 0.4) is 0 Å². The Bertz CT molecular complexity index is 626. The Morgan fingerprint density at radius 1 is 0.812 bits per heavy atom. The predicted octanol–water partition coefficient (Wildman–Crippen LogP) is 3.27. The van der Waals surface area contributed by atoms with Gasteiger partial charge in [0.2, 0.25) is 0 Å². The van der Waals surface area contributed by atoms with Crippen LogP contribution in [0, 0.1) is 0 Å². The van der Waals surface area contributed by atoms with E-state index in [1.807, 2.05) is 18.2 Å². The van der Waals surface area contributed by atoms with E-state index >= 15 is 0 Å². The average Bonchev–Trinajstić information content (AvgIpc) is 2.82. The topological polar surface area (TPSA) is 20.2 Å². The zero-order valence-electron chi connectivity index (χ0n) is 8.55. The Labute approximate surface area is 99.7 Å². The minimum atomic E-state index is 0.360. The third kappa shape index (κ3) is 1.47. The molecule has 1 nitrogen and oxygen atoms in total. The van der Waals surface area contributed by atoms with E-state index in [0.717, 1.165) is 10.8 Å². The first-order valence-corrected chi connectivity index (χ1v) is 6.95. The van der Waals surface area contributed by atoms with Gasteiger partial charge in [-0.1, -0.05) is 0 Å². The molecule has 0 aliphatic carbocycles. The quantitative estimate of drug-likeness (QED) is 0.675. The van der Waals surface area contributed by atoms with Crippen molar-refractivity contribution in [1.82, 2.24) is 0 Å². The van der Waals surface area contributed by atoms with Crippen molar-refractivity contribution in [2.75, 3.05) is 0 Å². The van der Waals surface area contributed by atoms with E-state index in [-0.39, 0.29) is 0 Å². The SMILES string of the molecule is Oc1cccc2c(-c3ccc[se]3)cccc12. The van der Waals surface area contributed by atoms with Crippen molar-refractivity contribution in [2.45, 2.75) is 0 Å². The molecule has 78 valence electrons. The van der Waals surface area contributed by atoms with E-state index < -0.39 is 0 Å². The van der Waals surface area contributed by atoms with Gasteiger partial charge in [-0.3, -0.25) is 0 Å². The standard InChI is InChI=1S/C14H10OSe/c15-13-7-2-4-10-11(13)5-1-6-12(10)14-8-3-9-16-14/h1-9,15H. The molecular weight excluding hydrogens is 263 g/mol. The number of fused-ring (bicyclic) bond motifs is 1. The van der Waals surface area contributed by atoms with Crippen molar-refractivity contribution < 1.29 is 5.11 Å². The fourth-order valence-corrected chi connectivity index (χ4v) is 3.55. The summed E-state index contributed by atoms with van der Waals surface area (Å²) in [5, 5.41) is 11.9. The Kier molecular flexibility index (Phi) is 2.32. The zero-order valence-corrected chi connectivity index (χ0v) is 10.3. The summed E-state index contributed by atoms with van der Waals surface area (Å²) in [4.78, 5) is 2.21. The van der Waals surface area contributed by atoms with Gasteiger partial charge in [-0.2, -0.15) is 0 Å². The molecule has 2 aromatic carbocycles. The van der Waals surface area contributed by atoms with Gasteiger partial charge in [-0.15, -0.1) is 0 Å². The monoisotopic (exact) mass is 274 g/mol. The molecular formula is C14H10OSe. The number of hydrogen-bond acceptors (Lipinski definition) is 1. The molecule has 0 aliphatic heterocycles. The molecule has 0 aliphatic rings. The fraction of sp³-hybridized carbons (Fsp3) is 0. The van der Waals surface area contributed by atoms with Crippen LogP contribution in [0.25, 0.3) is 20.8 Å². The van der Waals surface area contributed by atoms with Gasteiger partial charge in [0.25, 0.3) is 0 Å². The number of benzene rings is 2. The van der Waals surface area contributed by atoms with Crippen molar-refractivity contribution in [1.29, 1.82) is 0 Å². The van der Waals surface area contributed by atoms with Crippen LogP contribution < -0.4 is 0 Å². The van der Waals surface area contributed by atoms with Gasteiger partial charge in [0.05, 0.1) is 0 Å². The molecule has 0 unspecified atom stereocenters. The van der Waals surface area contributed by atoms with Gasteiger partial charge in [-0.05, 0) is 0 Å². The van der Waals surface area contributed by atoms with Crippen molar-refractivity contribution in [3.63, 3.8) is 0 Å². The molecule has 0 atom stereocenters. The van der Waals surface area contributed by atoms with Crippen LogP contribution >= 0.6 is 0 Å². The summed E-state index contributed by atoms with van der Waals surface area (Å²) in [6.45, 7) is 0. The van der Waals surface area contributed by atoms with Crippen LogP contribution in [-0.2, 0) is 0 Å². The second-order valence-electron chi connectivity index (χ2n) is 3.66. The normalized spacial score (nSPS) is 10.8. The molecule has 0 fully saturated rings. The van der Waals surface area contributed by atoms with Gasteiger partial charge in [0.15, 0.2) is 0 Å². The van der Waals surface area contributed by atoms with Crippen LogP contribution in [0.4, 0.5) is 0 Å². The van der Waals surface area contributed by atoms with Crippen LogP contribution in [0.15, 0.2) is 53.5 Å². The van der Waals surface area contributed by atoms with Crippen LogP contribution in [-0.4, -0.2) is 19.6 Å². The van der Waals surface area contributed by atoms with Crippen molar-refractivity contribution in [2.24, 2.45) is 0 Å². The third-order valence-corrected chi connectivity index (χ3v) is 4.58. The summed E-state index contributed by atoms with van der Waals surface area (Å²) in [6, 6.07) is 16.1. The van der Waals surface area contributed by atoms with Crippen LogP contribution in [0.2, 0.25) is 0 Å². The fourth-order valence-electron chi connectivity index (χ4n) is 1.94. The molecule has 0 saturated carbocycles. The molecule has 16 heavy (non-hydrogen) atoms. The van der Waals surface area contributed by atoms with Crippen LogP contribution in [0.1, 0.15) is 0 Å². The Hall–Kier alpha value is -1.50. The molecule has 0 spiro atoms. The van der Waals surface area contributed by atoms with Crippen molar-refractivity contribution >= 4 is 25.3 Å². The summed E-state index contributed by atoms with van der Waals surface area (Å²) in [6.07, 6.45) is 0. The first-order chi connectivity index (χ1) is 7.86. The molecule has 0 bridgehead atoms. The summed E-state index contributed by atoms with van der Waals surface area (Å²) >= 11 is 0.430. The van der Waals surface area contributed by atoms with Crippen molar-refractivity contribution in [3.05, 3.63) is 53.5 Å². The average molecular weight is 273 g/mol. The van der Waals surface area contributed by atoms with Gasteiger partial charge < -0.3 is 0 Å². The molecule has 1 N–H and O–H groups in total. The number of phenolic OH excluding ortho intramolecular Hbond substituents is 1. The molecule has 3 aromatic rings. The van der Waals surface area contributed by atoms with Gasteiger partial charge in [-0.25, -0.2) is 0 Å².